The van der Waals surface area contributed by atoms with Gasteiger partial charge in [0.05, 0.1) is 46.6 Å². The molecule has 14 nitrogen and oxygen atoms in total. The molecule has 61 heavy (non-hydrogen) atoms. The van der Waals surface area contributed by atoms with Crippen LogP contribution in [-0.2, 0) is 28.5 Å². The molecule has 0 aliphatic carbocycles. The van der Waals surface area contributed by atoms with Crippen molar-refractivity contribution in [2.45, 2.75) is 115 Å². The minimum absolute atomic E-state index is 0.0430. The Morgan fingerprint density at radius 3 is 1.85 bits per heavy atom. The van der Waals surface area contributed by atoms with Gasteiger partial charge in [-0.05, 0) is 86.8 Å². The summed E-state index contributed by atoms with van der Waals surface area (Å²) in [6.45, 7) is 18.9. The van der Waals surface area contributed by atoms with Crippen molar-refractivity contribution in [2.75, 3.05) is 27.9 Å². The summed E-state index contributed by atoms with van der Waals surface area (Å²) in [6, 6.07) is 27.1. The lowest BCUT2D eigenvalue weighted by Crippen LogP contribution is -2.51. The number of hydrogen-bond donors (Lipinski definition) is 1. The molecule has 5 atom stereocenters. The molecule has 0 radical (unpaired) electrons. The Bertz CT molecular complexity index is 2130. The average Bonchev–Trinajstić information content (AvgIpc) is 3.54. The summed E-state index contributed by atoms with van der Waals surface area (Å²) in [7, 11) is -0.0912. The van der Waals surface area contributed by atoms with E-state index in [0.717, 1.165) is 16.7 Å². The SMILES string of the molecule is COc1ccc(C(O[C@H]2O[C@@H](n3cc(OC)c(=O)[nH]c3=O)[C@H](O[Si](C)(C)C(C)(C)C)[C@@H]2OP(OCCC#N)N(C(C)C)C(C)C)(c2ccccc2)c2ccc(OC)cc2)cc1. The second kappa shape index (κ2) is 20.2. The van der Waals surface area contributed by atoms with Gasteiger partial charge < -0.3 is 37.2 Å². The first-order valence-electron chi connectivity index (χ1n) is 20.4. The minimum Gasteiger partial charge on any atom is -0.497 e. The molecule has 1 aliphatic rings. The molecular weight excluding hydrogens is 816 g/mol. The fraction of sp³-hybridized carbons (Fsp3) is 0.489. The second-order valence-corrected chi connectivity index (χ2v) is 23.0. The van der Waals surface area contributed by atoms with Crippen molar-refractivity contribution in [3.8, 4) is 23.3 Å². The number of aromatic nitrogens is 2. The van der Waals surface area contributed by atoms with E-state index in [4.69, 9.17) is 37.2 Å². The third kappa shape index (κ3) is 10.5. The number of benzene rings is 3. The van der Waals surface area contributed by atoms with Gasteiger partial charge in [0.15, 0.2) is 20.8 Å². The standard InChI is InChI=1S/C45H61N4O10PSi/c1-30(2)49(31(3)4)60(55-28-16-27-46)58-39-38(59-61(11,12)44(5,6)7)41(48-29-37(54-10)40(50)47-43(48)51)56-42(39)57-45(32-17-14-13-15-18-32,33-19-23-35(52-8)24-20-33)34-21-25-36(53-9)26-22-34/h13-15,17-26,29-31,38-39,41-42H,16,28H2,1-12H3,(H,47,50,51)/t38-,39+,41-,42-,60?/m1/s1. The van der Waals surface area contributed by atoms with Crippen molar-refractivity contribution in [1.29, 1.82) is 5.26 Å². The van der Waals surface area contributed by atoms with Gasteiger partial charge in [0.1, 0.15) is 29.3 Å². The molecule has 330 valence electrons. The fourth-order valence-corrected chi connectivity index (χ4v) is 10.1. The highest BCUT2D eigenvalue weighted by Crippen LogP contribution is 2.54. The maximum atomic E-state index is 13.9. The molecule has 0 saturated carbocycles. The lowest BCUT2D eigenvalue weighted by atomic mass is 9.80. The van der Waals surface area contributed by atoms with E-state index in [1.165, 1.54) is 17.9 Å². The van der Waals surface area contributed by atoms with Crippen molar-refractivity contribution in [3.63, 3.8) is 0 Å². The molecule has 1 aliphatic heterocycles. The van der Waals surface area contributed by atoms with Gasteiger partial charge in [0.2, 0.25) is 5.75 Å². The number of nitrogens with zero attached hydrogens (tertiary/aromatic N) is 3. The predicted molar refractivity (Wildman–Crippen MR) is 237 cm³/mol. The largest absolute Gasteiger partial charge is 0.497 e. The summed E-state index contributed by atoms with van der Waals surface area (Å²) in [5.74, 6) is 1.20. The van der Waals surface area contributed by atoms with E-state index in [1.807, 2.05) is 78.9 Å². The molecule has 3 aromatic carbocycles. The number of nitrogens with one attached hydrogen (secondary N) is 1. The van der Waals surface area contributed by atoms with E-state index in [-0.39, 0.29) is 35.9 Å². The summed E-state index contributed by atoms with van der Waals surface area (Å²) in [4.78, 5) is 29.2. The van der Waals surface area contributed by atoms with Crippen LogP contribution in [0.15, 0.2) is 94.6 Å². The van der Waals surface area contributed by atoms with Gasteiger partial charge in [-0.15, -0.1) is 0 Å². The molecule has 2 heterocycles. The molecule has 1 N–H and O–H groups in total. The van der Waals surface area contributed by atoms with E-state index in [9.17, 15) is 14.9 Å². The van der Waals surface area contributed by atoms with Crippen LogP contribution in [0.5, 0.6) is 17.2 Å². The van der Waals surface area contributed by atoms with Crippen LogP contribution in [0, 0.1) is 11.3 Å². The highest BCUT2D eigenvalue weighted by molar-refractivity contribution is 7.44. The number of aromatic amines is 1. The van der Waals surface area contributed by atoms with Crippen molar-refractivity contribution >= 4 is 16.8 Å². The Morgan fingerprint density at radius 1 is 0.836 bits per heavy atom. The maximum absolute atomic E-state index is 13.9. The van der Waals surface area contributed by atoms with Crippen LogP contribution < -0.4 is 25.5 Å². The Labute approximate surface area is 361 Å². The fourth-order valence-electron chi connectivity index (χ4n) is 7.08. The van der Waals surface area contributed by atoms with E-state index in [1.54, 1.807) is 14.2 Å². The van der Waals surface area contributed by atoms with Crippen LogP contribution in [0.4, 0.5) is 0 Å². The monoisotopic (exact) mass is 876 g/mol. The molecule has 0 spiro atoms. The molecular formula is C45H61N4O10PSi. The first-order valence-corrected chi connectivity index (χ1v) is 24.5. The Hall–Kier alpha value is -4.36. The molecule has 1 aromatic heterocycles. The van der Waals surface area contributed by atoms with Gasteiger partial charge in [-0.3, -0.25) is 14.3 Å². The van der Waals surface area contributed by atoms with E-state index in [0.29, 0.717) is 11.5 Å². The molecule has 1 fully saturated rings. The smallest absolute Gasteiger partial charge is 0.330 e. The zero-order chi connectivity index (χ0) is 44.7. The van der Waals surface area contributed by atoms with Crippen molar-refractivity contribution < 1.29 is 37.2 Å². The van der Waals surface area contributed by atoms with E-state index in [2.05, 4.69) is 77.3 Å². The molecule has 1 unspecified atom stereocenters. The maximum Gasteiger partial charge on any atom is 0.330 e. The van der Waals surface area contributed by atoms with Crippen LogP contribution >= 0.6 is 8.53 Å². The van der Waals surface area contributed by atoms with Gasteiger partial charge >= 0.3 is 5.69 Å². The number of nitriles is 1. The topological polar surface area (TPSA) is 156 Å². The number of rotatable bonds is 19. The van der Waals surface area contributed by atoms with Crippen molar-refractivity contribution in [3.05, 3.63) is 123 Å². The molecule has 1 saturated heterocycles. The molecule has 4 aromatic rings. The van der Waals surface area contributed by atoms with Gasteiger partial charge in [-0.25, -0.2) is 9.46 Å². The third-order valence-electron chi connectivity index (χ3n) is 11.2. The first kappa shape index (κ1) is 47.7. The third-order valence-corrected chi connectivity index (χ3v) is 17.8. The van der Waals surface area contributed by atoms with Gasteiger partial charge in [-0.2, -0.15) is 5.26 Å². The van der Waals surface area contributed by atoms with Crippen LogP contribution in [0.2, 0.25) is 18.1 Å². The molecule has 0 bridgehead atoms. The molecule has 16 heteroatoms. The zero-order valence-corrected chi connectivity index (χ0v) is 39.2. The summed E-state index contributed by atoms with van der Waals surface area (Å²) in [5, 5.41) is 9.26. The van der Waals surface area contributed by atoms with Crippen LogP contribution in [0.3, 0.4) is 0 Å². The number of methoxy groups -OCH3 is 3. The van der Waals surface area contributed by atoms with E-state index >= 15 is 0 Å². The summed E-state index contributed by atoms with van der Waals surface area (Å²) in [5.41, 5.74) is -0.588. The summed E-state index contributed by atoms with van der Waals surface area (Å²) < 4.78 is 55.8. The van der Waals surface area contributed by atoms with Gasteiger partial charge in [-0.1, -0.05) is 75.4 Å². The zero-order valence-electron chi connectivity index (χ0n) is 37.3. The molecule has 0 amide bonds. The minimum atomic E-state index is -2.74. The summed E-state index contributed by atoms with van der Waals surface area (Å²) >= 11 is 0. The Morgan fingerprint density at radius 2 is 1.38 bits per heavy atom. The summed E-state index contributed by atoms with van der Waals surface area (Å²) in [6.07, 6.45) is -3.10. The highest BCUT2D eigenvalue weighted by Gasteiger charge is 2.57. The Kier molecular flexibility index (Phi) is 15.8. The number of ether oxygens (including phenoxy) is 5. The lowest BCUT2D eigenvalue weighted by molar-refractivity contribution is -0.214. The van der Waals surface area contributed by atoms with Gasteiger partial charge in [0, 0.05) is 12.1 Å². The van der Waals surface area contributed by atoms with Crippen LogP contribution in [-0.4, -0.2) is 81.1 Å². The number of hydrogen-bond acceptors (Lipinski definition) is 12. The second-order valence-electron chi connectivity index (χ2n) is 16.8. The normalized spacial score (nSPS) is 19.0. The van der Waals surface area contributed by atoms with E-state index < -0.39 is 58.4 Å². The average molecular weight is 877 g/mol. The first-order chi connectivity index (χ1) is 28.9. The van der Waals surface area contributed by atoms with Crippen LogP contribution in [0.1, 0.15) is 77.8 Å². The van der Waals surface area contributed by atoms with Crippen molar-refractivity contribution in [1.82, 2.24) is 14.2 Å². The molecule has 5 rings (SSSR count). The highest BCUT2D eigenvalue weighted by atomic mass is 31.2. The van der Waals surface area contributed by atoms with Crippen LogP contribution in [0.25, 0.3) is 0 Å². The predicted octanol–water partition coefficient (Wildman–Crippen LogP) is 8.48. The van der Waals surface area contributed by atoms with Crippen molar-refractivity contribution in [2.24, 2.45) is 0 Å². The van der Waals surface area contributed by atoms with Gasteiger partial charge in [0.25, 0.3) is 14.1 Å². The Balaban J connectivity index is 1.85. The lowest BCUT2D eigenvalue weighted by Gasteiger charge is -2.43. The quantitative estimate of drug-likeness (QED) is 0.0416. The number of H-pyrrole nitrogens is 1.